The fourth-order valence-corrected chi connectivity index (χ4v) is 2.88. The van der Waals surface area contributed by atoms with E-state index in [2.05, 4.69) is 49.3 Å². The third-order valence-electron chi connectivity index (χ3n) is 3.07. The number of rotatable bonds is 5. The van der Waals surface area contributed by atoms with E-state index in [1.807, 2.05) is 11.7 Å². The first-order valence-corrected chi connectivity index (χ1v) is 7.29. The van der Waals surface area contributed by atoms with E-state index >= 15 is 0 Å². The summed E-state index contributed by atoms with van der Waals surface area (Å²) in [5.74, 6) is 0. The van der Waals surface area contributed by atoms with Gasteiger partial charge >= 0.3 is 0 Å². The predicted molar refractivity (Wildman–Crippen MR) is 78.2 cm³/mol. The Hall–Kier alpha value is -1.19. The Labute approximate surface area is 113 Å². The number of benzene rings is 1. The monoisotopic (exact) mass is 260 g/mol. The molecule has 0 radical (unpaired) electrons. The number of nitrogens with one attached hydrogen (secondary N) is 1. The van der Waals surface area contributed by atoms with E-state index in [-0.39, 0.29) is 6.04 Å². The normalized spacial score (nSPS) is 12.6. The molecule has 0 fully saturated rings. The molecule has 0 aliphatic heterocycles. The zero-order chi connectivity index (χ0) is 13.0. The van der Waals surface area contributed by atoms with Gasteiger partial charge in [0.15, 0.2) is 0 Å². The minimum absolute atomic E-state index is 0.276. The molecule has 0 bridgehead atoms. The zero-order valence-electron chi connectivity index (χ0n) is 11.2. The highest BCUT2D eigenvalue weighted by molar-refractivity contribution is 7.09. The molecule has 2 nitrogen and oxygen atoms in total. The van der Waals surface area contributed by atoms with E-state index in [1.54, 1.807) is 11.3 Å². The average molecular weight is 260 g/mol. The van der Waals surface area contributed by atoms with Crippen molar-refractivity contribution >= 4 is 11.3 Å². The van der Waals surface area contributed by atoms with Crippen molar-refractivity contribution in [1.29, 1.82) is 0 Å². The number of aromatic nitrogens is 1. The van der Waals surface area contributed by atoms with E-state index in [4.69, 9.17) is 0 Å². The second-order valence-electron chi connectivity index (χ2n) is 4.65. The van der Waals surface area contributed by atoms with Gasteiger partial charge in [-0.15, -0.1) is 11.3 Å². The molecule has 3 heteroatoms. The number of thiazole rings is 1. The van der Waals surface area contributed by atoms with E-state index in [1.165, 1.54) is 21.6 Å². The molecule has 0 spiro atoms. The van der Waals surface area contributed by atoms with Crippen LogP contribution in [0.25, 0.3) is 0 Å². The summed E-state index contributed by atoms with van der Waals surface area (Å²) in [6, 6.07) is 6.94. The van der Waals surface area contributed by atoms with Crippen LogP contribution in [0.1, 0.15) is 41.0 Å². The summed E-state index contributed by atoms with van der Waals surface area (Å²) in [5.41, 5.74) is 5.92. The Morgan fingerprint density at radius 2 is 2.17 bits per heavy atom. The van der Waals surface area contributed by atoms with E-state index < -0.39 is 0 Å². The van der Waals surface area contributed by atoms with Crippen LogP contribution in [0, 0.1) is 13.8 Å². The molecule has 1 heterocycles. The number of hydrogen-bond donors (Lipinski definition) is 1. The van der Waals surface area contributed by atoms with Crippen LogP contribution in [-0.2, 0) is 0 Å². The van der Waals surface area contributed by atoms with Gasteiger partial charge in [0.2, 0.25) is 0 Å². The molecule has 1 atom stereocenters. The van der Waals surface area contributed by atoms with Crippen LogP contribution >= 0.6 is 11.3 Å². The first kappa shape index (κ1) is 13.2. The van der Waals surface area contributed by atoms with Crippen LogP contribution in [0.15, 0.2) is 29.9 Å². The quantitative estimate of drug-likeness (QED) is 0.883. The lowest BCUT2D eigenvalue weighted by atomic mass is 9.98. The first-order chi connectivity index (χ1) is 8.72. The fourth-order valence-electron chi connectivity index (χ4n) is 2.17. The summed E-state index contributed by atoms with van der Waals surface area (Å²) in [4.78, 5) is 5.49. The van der Waals surface area contributed by atoms with Crippen molar-refractivity contribution in [2.45, 2.75) is 33.2 Å². The molecular formula is C15H20N2S. The van der Waals surface area contributed by atoms with Crippen LogP contribution in [0.3, 0.4) is 0 Å². The highest BCUT2D eigenvalue weighted by Crippen LogP contribution is 2.27. The highest BCUT2D eigenvalue weighted by Gasteiger charge is 2.16. The first-order valence-electron chi connectivity index (χ1n) is 6.41. The number of hydrogen-bond acceptors (Lipinski definition) is 3. The van der Waals surface area contributed by atoms with Crippen molar-refractivity contribution in [1.82, 2.24) is 10.3 Å². The molecule has 0 saturated heterocycles. The van der Waals surface area contributed by atoms with Crippen LogP contribution in [0.2, 0.25) is 0 Å². The smallest absolute Gasteiger partial charge is 0.0794 e. The summed E-state index contributed by atoms with van der Waals surface area (Å²) in [6.07, 6.45) is 3.11. The van der Waals surface area contributed by atoms with Crippen molar-refractivity contribution in [3.63, 3.8) is 0 Å². The maximum atomic E-state index is 4.20. The summed E-state index contributed by atoms with van der Waals surface area (Å²) < 4.78 is 0. The van der Waals surface area contributed by atoms with Gasteiger partial charge in [-0.25, -0.2) is 0 Å². The third kappa shape index (κ3) is 2.98. The predicted octanol–water partition coefficient (Wildman–Crippen LogP) is 3.85. The Bertz CT molecular complexity index is 491. The number of aryl methyl sites for hydroxylation is 2. The van der Waals surface area contributed by atoms with E-state index in [9.17, 15) is 0 Å². The van der Waals surface area contributed by atoms with Crippen molar-refractivity contribution in [2.75, 3.05) is 6.54 Å². The lowest BCUT2D eigenvalue weighted by Crippen LogP contribution is -2.23. The van der Waals surface area contributed by atoms with E-state index in [0.29, 0.717) is 0 Å². The van der Waals surface area contributed by atoms with Crippen LogP contribution in [-0.4, -0.2) is 11.5 Å². The van der Waals surface area contributed by atoms with Gasteiger partial charge in [0.1, 0.15) is 0 Å². The van der Waals surface area contributed by atoms with Gasteiger partial charge in [-0.05, 0) is 37.9 Å². The Morgan fingerprint density at radius 1 is 1.33 bits per heavy atom. The van der Waals surface area contributed by atoms with Gasteiger partial charge in [0.25, 0.3) is 0 Å². The maximum absolute atomic E-state index is 4.20. The molecule has 1 aromatic carbocycles. The molecule has 0 amide bonds. The van der Waals surface area contributed by atoms with Gasteiger partial charge in [-0.2, -0.15) is 0 Å². The second-order valence-corrected chi connectivity index (χ2v) is 5.57. The van der Waals surface area contributed by atoms with Crippen molar-refractivity contribution < 1.29 is 0 Å². The summed E-state index contributed by atoms with van der Waals surface area (Å²) in [5, 5.41) is 3.62. The molecule has 2 rings (SSSR count). The molecule has 1 unspecified atom stereocenters. The lowest BCUT2D eigenvalue weighted by molar-refractivity contribution is 0.602. The minimum atomic E-state index is 0.276. The Kier molecular flexibility index (Phi) is 4.50. The molecule has 18 heavy (non-hydrogen) atoms. The van der Waals surface area contributed by atoms with Crippen LogP contribution in [0.5, 0.6) is 0 Å². The van der Waals surface area contributed by atoms with Crippen LogP contribution < -0.4 is 5.32 Å². The topological polar surface area (TPSA) is 24.9 Å². The standard InChI is InChI=1S/C15H20N2S/c1-4-7-17-15(14-9-16-10-18-14)13-6-5-11(2)8-12(13)3/h5-6,8-10,15,17H,4,7H2,1-3H3. The SMILES string of the molecule is CCCNC(c1cncs1)c1ccc(C)cc1C. The molecule has 1 N–H and O–H groups in total. The molecular weight excluding hydrogens is 240 g/mol. The Morgan fingerprint density at radius 3 is 2.78 bits per heavy atom. The lowest BCUT2D eigenvalue weighted by Gasteiger charge is -2.19. The van der Waals surface area contributed by atoms with Gasteiger partial charge < -0.3 is 5.32 Å². The zero-order valence-corrected chi connectivity index (χ0v) is 12.1. The largest absolute Gasteiger partial charge is 0.306 e. The fraction of sp³-hybridized carbons (Fsp3) is 0.400. The maximum Gasteiger partial charge on any atom is 0.0794 e. The van der Waals surface area contributed by atoms with E-state index in [0.717, 1.165) is 13.0 Å². The van der Waals surface area contributed by atoms with Gasteiger partial charge in [-0.3, -0.25) is 4.98 Å². The third-order valence-corrected chi connectivity index (χ3v) is 3.91. The van der Waals surface area contributed by atoms with Crippen molar-refractivity contribution in [2.24, 2.45) is 0 Å². The van der Waals surface area contributed by atoms with Gasteiger partial charge in [0.05, 0.1) is 11.6 Å². The van der Waals surface area contributed by atoms with Crippen molar-refractivity contribution in [3.05, 3.63) is 51.5 Å². The number of nitrogens with zero attached hydrogens (tertiary/aromatic N) is 1. The second kappa shape index (κ2) is 6.12. The van der Waals surface area contributed by atoms with Gasteiger partial charge in [0, 0.05) is 11.1 Å². The average Bonchev–Trinajstić information content (AvgIpc) is 2.85. The molecule has 96 valence electrons. The van der Waals surface area contributed by atoms with Crippen LogP contribution in [0.4, 0.5) is 0 Å². The summed E-state index contributed by atoms with van der Waals surface area (Å²) >= 11 is 1.72. The molecule has 0 aliphatic rings. The summed E-state index contributed by atoms with van der Waals surface area (Å²) in [7, 11) is 0. The minimum Gasteiger partial charge on any atom is -0.306 e. The van der Waals surface area contributed by atoms with Crippen molar-refractivity contribution in [3.8, 4) is 0 Å². The Balaban J connectivity index is 2.33. The molecule has 2 aromatic rings. The highest BCUT2D eigenvalue weighted by atomic mass is 32.1. The molecule has 1 aromatic heterocycles. The summed E-state index contributed by atoms with van der Waals surface area (Å²) in [6.45, 7) is 7.54. The molecule has 0 saturated carbocycles. The molecule has 0 aliphatic carbocycles. The van der Waals surface area contributed by atoms with Gasteiger partial charge in [-0.1, -0.05) is 30.7 Å².